The van der Waals surface area contributed by atoms with Gasteiger partial charge in [-0.3, -0.25) is 9.59 Å². The molecule has 124 valence electrons. The fourth-order valence-electron chi connectivity index (χ4n) is 3.86. The molecule has 2 heterocycles. The van der Waals surface area contributed by atoms with E-state index in [1.165, 1.54) is 19.1 Å². The SMILES string of the molecule is CC(=O)N1C[C@H]2CN(CCc3cccc(F)c3)C[C@@]2(C(=O)O)C1. The molecular formula is C17H21FN2O3. The topological polar surface area (TPSA) is 60.9 Å². The highest BCUT2D eigenvalue weighted by molar-refractivity contribution is 5.80. The number of likely N-dealkylation sites (tertiary alicyclic amines) is 2. The zero-order chi connectivity index (χ0) is 16.6. The molecule has 2 saturated heterocycles. The van der Waals surface area contributed by atoms with E-state index < -0.39 is 11.4 Å². The maximum atomic E-state index is 13.2. The lowest BCUT2D eigenvalue weighted by atomic mass is 9.81. The van der Waals surface area contributed by atoms with E-state index in [0.29, 0.717) is 39.1 Å². The van der Waals surface area contributed by atoms with Gasteiger partial charge in [0.1, 0.15) is 11.2 Å². The summed E-state index contributed by atoms with van der Waals surface area (Å²) in [6, 6.07) is 6.50. The molecule has 1 aromatic rings. The third-order valence-corrected chi connectivity index (χ3v) is 5.16. The number of carbonyl (C=O) groups excluding carboxylic acids is 1. The Morgan fingerprint density at radius 1 is 1.35 bits per heavy atom. The molecule has 5 nitrogen and oxygen atoms in total. The summed E-state index contributed by atoms with van der Waals surface area (Å²) in [5.74, 6) is -1.16. The average molecular weight is 320 g/mol. The maximum absolute atomic E-state index is 13.2. The second-order valence-electron chi connectivity index (χ2n) is 6.67. The van der Waals surface area contributed by atoms with Gasteiger partial charge in [-0.25, -0.2) is 4.39 Å². The van der Waals surface area contributed by atoms with Crippen LogP contribution in [0.1, 0.15) is 12.5 Å². The number of carbonyl (C=O) groups is 2. The summed E-state index contributed by atoms with van der Waals surface area (Å²) >= 11 is 0. The minimum Gasteiger partial charge on any atom is -0.481 e. The Balaban J connectivity index is 1.65. The molecule has 0 aliphatic carbocycles. The Morgan fingerprint density at radius 2 is 2.13 bits per heavy atom. The molecule has 2 aliphatic heterocycles. The van der Waals surface area contributed by atoms with Crippen molar-refractivity contribution in [3.8, 4) is 0 Å². The Kier molecular flexibility index (Phi) is 4.10. The van der Waals surface area contributed by atoms with Gasteiger partial charge in [0.25, 0.3) is 0 Å². The Bertz CT molecular complexity index is 636. The Morgan fingerprint density at radius 3 is 2.74 bits per heavy atom. The van der Waals surface area contributed by atoms with Gasteiger partial charge in [-0.15, -0.1) is 0 Å². The van der Waals surface area contributed by atoms with E-state index in [2.05, 4.69) is 4.90 Å². The lowest BCUT2D eigenvalue weighted by Crippen LogP contribution is -2.41. The number of hydrogen-bond acceptors (Lipinski definition) is 3. The number of nitrogens with zero attached hydrogens (tertiary/aromatic N) is 2. The average Bonchev–Trinajstić information content (AvgIpc) is 3.00. The standard InChI is InChI=1S/C17H21FN2O3/c1-12(21)20-9-14-8-19(10-17(14,11-20)16(22)23)6-5-13-3-2-4-15(18)7-13/h2-4,7,14H,5-6,8-11H2,1H3,(H,22,23)/t14-,17-/m1/s1. The van der Waals surface area contributed by atoms with Crippen molar-refractivity contribution in [1.82, 2.24) is 9.80 Å². The first kappa shape index (κ1) is 15.9. The number of halogens is 1. The molecule has 1 aromatic carbocycles. The third-order valence-electron chi connectivity index (χ3n) is 5.16. The number of hydrogen-bond donors (Lipinski definition) is 1. The van der Waals surface area contributed by atoms with Crippen LogP contribution in [0.2, 0.25) is 0 Å². The number of rotatable bonds is 4. The van der Waals surface area contributed by atoms with Crippen LogP contribution in [-0.4, -0.2) is 59.5 Å². The van der Waals surface area contributed by atoms with Gasteiger partial charge in [-0.1, -0.05) is 12.1 Å². The van der Waals surface area contributed by atoms with Gasteiger partial charge < -0.3 is 14.9 Å². The highest BCUT2D eigenvalue weighted by atomic mass is 19.1. The summed E-state index contributed by atoms with van der Waals surface area (Å²) in [7, 11) is 0. The van der Waals surface area contributed by atoms with Crippen molar-refractivity contribution < 1.29 is 19.1 Å². The summed E-state index contributed by atoms with van der Waals surface area (Å²) in [6.07, 6.45) is 0.691. The number of carboxylic acid groups (broad SMARTS) is 1. The molecule has 0 unspecified atom stereocenters. The Labute approximate surface area is 134 Å². The van der Waals surface area contributed by atoms with Gasteiger partial charge in [0.05, 0.1) is 0 Å². The van der Waals surface area contributed by atoms with Crippen LogP contribution in [-0.2, 0) is 16.0 Å². The molecule has 0 radical (unpaired) electrons. The highest BCUT2D eigenvalue weighted by Crippen LogP contribution is 2.42. The van der Waals surface area contributed by atoms with Gasteiger partial charge in [0, 0.05) is 45.6 Å². The molecule has 1 N–H and O–H groups in total. The third kappa shape index (κ3) is 2.95. The first-order valence-electron chi connectivity index (χ1n) is 7.86. The predicted octanol–water partition coefficient (Wildman–Crippen LogP) is 1.23. The van der Waals surface area contributed by atoms with Gasteiger partial charge >= 0.3 is 5.97 Å². The summed E-state index contributed by atoms with van der Waals surface area (Å²) in [4.78, 5) is 27.1. The van der Waals surface area contributed by atoms with Crippen LogP contribution in [0.5, 0.6) is 0 Å². The van der Waals surface area contributed by atoms with Crippen LogP contribution < -0.4 is 0 Å². The first-order valence-corrected chi connectivity index (χ1v) is 7.86. The molecule has 2 atom stereocenters. The number of amides is 1. The highest BCUT2D eigenvalue weighted by Gasteiger charge is 2.57. The number of fused-ring (bicyclic) bond motifs is 1. The second kappa shape index (κ2) is 5.92. The molecule has 0 spiro atoms. The molecular weight excluding hydrogens is 299 g/mol. The minimum atomic E-state index is -0.854. The van der Waals surface area contributed by atoms with E-state index in [-0.39, 0.29) is 17.6 Å². The monoisotopic (exact) mass is 320 g/mol. The smallest absolute Gasteiger partial charge is 0.313 e. The summed E-state index contributed by atoms with van der Waals surface area (Å²) in [5, 5.41) is 9.70. The summed E-state index contributed by atoms with van der Waals surface area (Å²) in [6.45, 7) is 4.11. The van der Waals surface area contributed by atoms with Crippen molar-refractivity contribution in [2.75, 3.05) is 32.7 Å². The Hall–Kier alpha value is -1.95. The number of aliphatic carboxylic acids is 1. The van der Waals surface area contributed by atoms with Crippen molar-refractivity contribution in [2.24, 2.45) is 11.3 Å². The van der Waals surface area contributed by atoms with E-state index in [1.54, 1.807) is 11.0 Å². The fourth-order valence-corrected chi connectivity index (χ4v) is 3.86. The van der Waals surface area contributed by atoms with Gasteiger partial charge in [-0.05, 0) is 24.1 Å². The lowest BCUT2D eigenvalue weighted by molar-refractivity contribution is -0.149. The summed E-state index contributed by atoms with van der Waals surface area (Å²) < 4.78 is 13.2. The quantitative estimate of drug-likeness (QED) is 0.906. The number of carboxylic acids is 1. The van der Waals surface area contributed by atoms with Crippen LogP contribution >= 0.6 is 0 Å². The normalized spacial score (nSPS) is 27.2. The van der Waals surface area contributed by atoms with Crippen molar-refractivity contribution in [3.05, 3.63) is 35.6 Å². The van der Waals surface area contributed by atoms with E-state index in [4.69, 9.17) is 0 Å². The molecule has 2 fully saturated rings. The molecule has 0 saturated carbocycles. The summed E-state index contributed by atoms with van der Waals surface area (Å²) in [5.41, 5.74) is 0.0601. The van der Waals surface area contributed by atoms with Crippen LogP contribution in [0.25, 0.3) is 0 Å². The van der Waals surface area contributed by atoms with Crippen molar-refractivity contribution >= 4 is 11.9 Å². The predicted molar refractivity (Wildman–Crippen MR) is 82.4 cm³/mol. The van der Waals surface area contributed by atoms with Crippen LogP contribution in [0, 0.1) is 17.2 Å². The van der Waals surface area contributed by atoms with E-state index in [9.17, 15) is 19.1 Å². The fraction of sp³-hybridized carbons (Fsp3) is 0.529. The van der Waals surface area contributed by atoms with E-state index >= 15 is 0 Å². The lowest BCUT2D eigenvalue weighted by Gasteiger charge is -2.25. The first-order chi connectivity index (χ1) is 10.9. The zero-order valence-electron chi connectivity index (χ0n) is 13.2. The van der Waals surface area contributed by atoms with Crippen LogP contribution in [0.4, 0.5) is 4.39 Å². The van der Waals surface area contributed by atoms with Crippen molar-refractivity contribution in [1.29, 1.82) is 0 Å². The van der Waals surface area contributed by atoms with Crippen LogP contribution in [0.3, 0.4) is 0 Å². The largest absolute Gasteiger partial charge is 0.481 e. The number of benzene rings is 1. The van der Waals surface area contributed by atoms with Gasteiger partial charge in [0.2, 0.25) is 5.91 Å². The molecule has 1 amide bonds. The van der Waals surface area contributed by atoms with Crippen molar-refractivity contribution in [3.63, 3.8) is 0 Å². The molecule has 6 heteroatoms. The molecule has 2 aliphatic rings. The van der Waals surface area contributed by atoms with Crippen LogP contribution in [0.15, 0.2) is 24.3 Å². The molecule has 0 bridgehead atoms. The van der Waals surface area contributed by atoms with Crippen molar-refractivity contribution in [2.45, 2.75) is 13.3 Å². The maximum Gasteiger partial charge on any atom is 0.313 e. The van der Waals surface area contributed by atoms with E-state index in [0.717, 1.165) is 5.56 Å². The molecule has 3 rings (SSSR count). The zero-order valence-corrected chi connectivity index (χ0v) is 13.2. The minimum absolute atomic E-state index is 0.0311. The second-order valence-corrected chi connectivity index (χ2v) is 6.67. The van der Waals surface area contributed by atoms with Gasteiger partial charge in [0.15, 0.2) is 0 Å². The van der Waals surface area contributed by atoms with Gasteiger partial charge in [-0.2, -0.15) is 0 Å². The molecule has 23 heavy (non-hydrogen) atoms. The molecule has 0 aromatic heterocycles. The van der Waals surface area contributed by atoms with E-state index in [1.807, 2.05) is 6.07 Å².